The molecule has 1 aromatic rings. The highest BCUT2D eigenvalue weighted by atomic mass is 19.4. The Kier molecular flexibility index (Phi) is 3.03. The van der Waals surface area contributed by atoms with Crippen molar-refractivity contribution in [2.24, 2.45) is 11.8 Å². The molecule has 0 saturated heterocycles. The van der Waals surface area contributed by atoms with Crippen molar-refractivity contribution in [1.29, 1.82) is 0 Å². The van der Waals surface area contributed by atoms with Crippen LogP contribution in [-0.4, -0.2) is 12.1 Å². The number of aryl methyl sites for hydroxylation is 1. The lowest BCUT2D eigenvalue weighted by molar-refractivity contribution is -0.148. The van der Waals surface area contributed by atoms with E-state index in [1.807, 2.05) is 6.92 Å². The lowest BCUT2D eigenvalue weighted by Crippen LogP contribution is -2.13. The molecule has 0 aliphatic heterocycles. The van der Waals surface area contributed by atoms with Crippen LogP contribution in [0, 0.1) is 18.8 Å². The summed E-state index contributed by atoms with van der Waals surface area (Å²) in [7, 11) is 0. The topological polar surface area (TPSA) is 26.3 Å². The summed E-state index contributed by atoms with van der Waals surface area (Å²) in [6.07, 6.45) is -2.46. The summed E-state index contributed by atoms with van der Waals surface area (Å²) in [5, 5.41) is 0. The lowest BCUT2D eigenvalue weighted by Gasteiger charge is -2.12. The second kappa shape index (κ2) is 4.50. The first-order chi connectivity index (χ1) is 9.36. The fourth-order valence-corrected chi connectivity index (χ4v) is 2.45. The molecule has 20 heavy (non-hydrogen) atoms. The molecule has 2 nitrogen and oxygen atoms in total. The molecule has 1 aromatic carbocycles. The number of hydrogen-bond donors (Lipinski definition) is 0. The Morgan fingerprint density at radius 2 is 2.00 bits per heavy atom. The van der Waals surface area contributed by atoms with Gasteiger partial charge in [0, 0.05) is 0 Å². The number of rotatable bonds is 3. The maximum atomic E-state index is 12.7. The first-order valence-corrected chi connectivity index (χ1v) is 6.75. The fraction of sp³-hybridized carbons (Fsp3) is 0.533. The van der Waals surface area contributed by atoms with Crippen LogP contribution < -0.4 is 4.74 Å². The molecule has 2 aliphatic carbocycles. The molecule has 0 aromatic heterocycles. The van der Waals surface area contributed by atoms with Crippen LogP contribution in [0.25, 0.3) is 0 Å². The van der Waals surface area contributed by atoms with Gasteiger partial charge >= 0.3 is 12.1 Å². The highest BCUT2D eigenvalue weighted by Crippen LogP contribution is 2.58. The molecular formula is C15H15F3O2. The second-order valence-corrected chi connectivity index (χ2v) is 5.73. The molecule has 0 amide bonds. The van der Waals surface area contributed by atoms with Gasteiger partial charge in [-0.2, -0.15) is 13.2 Å². The molecule has 0 bridgehead atoms. The van der Waals surface area contributed by atoms with Gasteiger partial charge in [-0.15, -0.1) is 0 Å². The van der Waals surface area contributed by atoms with Crippen molar-refractivity contribution in [2.45, 2.75) is 38.3 Å². The van der Waals surface area contributed by atoms with Gasteiger partial charge in [0.2, 0.25) is 0 Å². The zero-order valence-electron chi connectivity index (χ0n) is 11.0. The molecule has 2 aliphatic rings. The predicted molar refractivity (Wildman–Crippen MR) is 66.4 cm³/mol. The minimum absolute atomic E-state index is 0.0685. The molecule has 5 heteroatoms. The number of esters is 1. The van der Waals surface area contributed by atoms with Crippen LogP contribution in [-0.2, 0) is 4.79 Å². The van der Waals surface area contributed by atoms with Crippen LogP contribution in [0.15, 0.2) is 18.2 Å². The van der Waals surface area contributed by atoms with Gasteiger partial charge in [-0.05, 0) is 49.3 Å². The van der Waals surface area contributed by atoms with E-state index in [1.165, 1.54) is 0 Å². The number of carbonyl (C=O) groups is 1. The predicted octanol–water partition coefficient (Wildman–Crippen LogP) is 3.98. The van der Waals surface area contributed by atoms with Crippen molar-refractivity contribution >= 4 is 5.97 Å². The molecule has 2 saturated carbocycles. The van der Waals surface area contributed by atoms with E-state index in [4.69, 9.17) is 4.74 Å². The summed E-state index contributed by atoms with van der Waals surface area (Å²) in [4.78, 5) is 11.7. The summed E-state index contributed by atoms with van der Waals surface area (Å²) in [5.74, 6) is -1.96. The van der Waals surface area contributed by atoms with Crippen molar-refractivity contribution in [3.05, 3.63) is 29.3 Å². The Hall–Kier alpha value is -1.52. The molecule has 2 fully saturated rings. The number of benzene rings is 1. The van der Waals surface area contributed by atoms with Gasteiger partial charge in [0.1, 0.15) is 5.75 Å². The SMILES string of the molecule is Cc1ccc(C2CC2C(F)(F)F)c(OC(=O)C2CC2)c1. The molecular weight excluding hydrogens is 269 g/mol. The Morgan fingerprint density at radius 1 is 1.30 bits per heavy atom. The van der Waals surface area contributed by atoms with E-state index in [1.54, 1.807) is 18.2 Å². The lowest BCUT2D eigenvalue weighted by atomic mass is 10.1. The van der Waals surface area contributed by atoms with E-state index in [0.29, 0.717) is 11.3 Å². The van der Waals surface area contributed by atoms with Crippen LogP contribution in [0.2, 0.25) is 0 Å². The van der Waals surface area contributed by atoms with Crippen molar-refractivity contribution in [3.8, 4) is 5.75 Å². The standard InChI is InChI=1S/C15H15F3O2/c1-8-2-5-10(11-7-12(11)15(16,17)18)13(6-8)20-14(19)9-3-4-9/h2,5-6,9,11-12H,3-4,7H2,1H3. The van der Waals surface area contributed by atoms with E-state index < -0.39 is 18.0 Å². The number of carbonyl (C=O) groups excluding carboxylic acids is 1. The molecule has 0 spiro atoms. The normalized spacial score (nSPS) is 25.4. The fourth-order valence-electron chi connectivity index (χ4n) is 2.45. The Labute approximate surface area is 114 Å². The number of hydrogen-bond acceptors (Lipinski definition) is 2. The van der Waals surface area contributed by atoms with Crippen molar-refractivity contribution in [3.63, 3.8) is 0 Å². The van der Waals surface area contributed by atoms with E-state index in [0.717, 1.165) is 18.4 Å². The quantitative estimate of drug-likeness (QED) is 0.620. The third-order valence-electron chi connectivity index (χ3n) is 3.90. The first kappa shape index (κ1) is 13.5. The largest absolute Gasteiger partial charge is 0.426 e. The van der Waals surface area contributed by atoms with Crippen LogP contribution in [0.1, 0.15) is 36.3 Å². The van der Waals surface area contributed by atoms with Crippen molar-refractivity contribution in [2.75, 3.05) is 0 Å². The molecule has 0 heterocycles. The second-order valence-electron chi connectivity index (χ2n) is 5.73. The number of halogens is 3. The van der Waals surface area contributed by atoms with Crippen molar-refractivity contribution < 1.29 is 22.7 Å². The minimum atomic E-state index is -4.17. The number of alkyl halides is 3. The smallest absolute Gasteiger partial charge is 0.392 e. The highest BCUT2D eigenvalue weighted by molar-refractivity contribution is 5.77. The first-order valence-electron chi connectivity index (χ1n) is 6.75. The van der Waals surface area contributed by atoms with E-state index in [9.17, 15) is 18.0 Å². The van der Waals surface area contributed by atoms with Gasteiger partial charge in [-0.3, -0.25) is 4.79 Å². The summed E-state index contributed by atoms with van der Waals surface area (Å²) in [6.45, 7) is 1.83. The molecule has 0 radical (unpaired) electrons. The summed E-state index contributed by atoms with van der Waals surface area (Å²) in [5.41, 5.74) is 1.38. The van der Waals surface area contributed by atoms with Crippen LogP contribution in [0.3, 0.4) is 0 Å². The molecule has 2 unspecified atom stereocenters. The average molecular weight is 284 g/mol. The monoisotopic (exact) mass is 284 g/mol. The van der Waals surface area contributed by atoms with E-state index >= 15 is 0 Å². The summed E-state index contributed by atoms with van der Waals surface area (Å²) >= 11 is 0. The third kappa shape index (κ3) is 2.67. The third-order valence-corrected chi connectivity index (χ3v) is 3.90. The van der Waals surface area contributed by atoms with Crippen LogP contribution in [0.4, 0.5) is 13.2 Å². The van der Waals surface area contributed by atoms with Gasteiger partial charge in [0.15, 0.2) is 0 Å². The Bertz CT molecular complexity index is 547. The van der Waals surface area contributed by atoms with Gasteiger partial charge < -0.3 is 4.74 Å². The molecule has 108 valence electrons. The van der Waals surface area contributed by atoms with Gasteiger partial charge in [-0.1, -0.05) is 12.1 Å². The maximum absolute atomic E-state index is 12.7. The molecule has 2 atom stereocenters. The number of ether oxygens (including phenoxy) is 1. The van der Waals surface area contributed by atoms with Crippen LogP contribution >= 0.6 is 0 Å². The zero-order chi connectivity index (χ0) is 14.5. The van der Waals surface area contributed by atoms with E-state index in [2.05, 4.69) is 0 Å². The van der Waals surface area contributed by atoms with E-state index in [-0.39, 0.29) is 18.3 Å². The zero-order valence-corrected chi connectivity index (χ0v) is 11.0. The minimum Gasteiger partial charge on any atom is -0.426 e. The summed E-state index contributed by atoms with van der Waals surface area (Å²) in [6, 6.07) is 5.07. The summed E-state index contributed by atoms with van der Waals surface area (Å²) < 4.78 is 43.3. The van der Waals surface area contributed by atoms with Crippen LogP contribution in [0.5, 0.6) is 5.75 Å². The van der Waals surface area contributed by atoms with Gasteiger partial charge in [0.25, 0.3) is 0 Å². The highest BCUT2D eigenvalue weighted by Gasteiger charge is 2.56. The Morgan fingerprint density at radius 3 is 2.55 bits per heavy atom. The Balaban J connectivity index is 1.82. The molecule has 0 N–H and O–H groups in total. The maximum Gasteiger partial charge on any atom is 0.392 e. The van der Waals surface area contributed by atoms with Gasteiger partial charge in [-0.25, -0.2) is 0 Å². The average Bonchev–Trinajstić information content (AvgIpc) is 3.21. The van der Waals surface area contributed by atoms with Gasteiger partial charge in [0.05, 0.1) is 11.8 Å². The molecule has 3 rings (SSSR count). The van der Waals surface area contributed by atoms with Crippen molar-refractivity contribution in [1.82, 2.24) is 0 Å².